The van der Waals surface area contributed by atoms with Crippen LogP contribution in [0.15, 0.2) is 23.0 Å². The van der Waals surface area contributed by atoms with Gasteiger partial charge in [0, 0.05) is 12.2 Å². The molecule has 14 heavy (non-hydrogen) atoms. The number of aryl methyl sites for hydroxylation is 1. The van der Waals surface area contributed by atoms with Crippen LogP contribution in [0.25, 0.3) is 10.2 Å². The minimum absolute atomic E-state index is 0.104. The molecule has 0 amide bonds. The van der Waals surface area contributed by atoms with Crippen molar-refractivity contribution < 1.29 is 0 Å². The zero-order valence-corrected chi connectivity index (χ0v) is 8.80. The van der Waals surface area contributed by atoms with E-state index in [0.717, 1.165) is 23.2 Å². The fourth-order valence-electron chi connectivity index (χ4n) is 1.52. The Morgan fingerprint density at radius 1 is 1.50 bits per heavy atom. The zero-order valence-electron chi connectivity index (χ0n) is 7.99. The van der Waals surface area contributed by atoms with Gasteiger partial charge in [0.2, 0.25) is 0 Å². The highest BCUT2D eigenvalue weighted by Gasteiger charge is 2.05. The molecule has 0 spiro atoms. The summed E-state index contributed by atoms with van der Waals surface area (Å²) in [6.45, 7) is 2.84. The Morgan fingerprint density at radius 2 is 2.29 bits per heavy atom. The molecule has 3 nitrogen and oxygen atoms in total. The number of benzene rings is 1. The maximum absolute atomic E-state index is 11.6. The van der Waals surface area contributed by atoms with Gasteiger partial charge in [-0.05, 0) is 24.6 Å². The van der Waals surface area contributed by atoms with Crippen molar-refractivity contribution in [1.82, 2.24) is 4.57 Å². The standard InChI is InChI=1S/C10H12N2OS/c1-2-5-12-8-4-3-7(11)6-9(8)14-10(12)13/h3-4,6H,2,5,11H2,1H3. The Balaban J connectivity index is 2.71. The van der Waals surface area contributed by atoms with E-state index in [1.165, 1.54) is 11.3 Å². The maximum atomic E-state index is 11.6. The second kappa shape index (κ2) is 3.46. The largest absolute Gasteiger partial charge is 0.399 e. The summed E-state index contributed by atoms with van der Waals surface area (Å²) < 4.78 is 2.78. The van der Waals surface area contributed by atoms with Crippen LogP contribution in [0.5, 0.6) is 0 Å². The lowest BCUT2D eigenvalue weighted by Crippen LogP contribution is -2.11. The van der Waals surface area contributed by atoms with Gasteiger partial charge in [0.15, 0.2) is 0 Å². The van der Waals surface area contributed by atoms with E-state index in [9.17, 15) is 4.79 Å². The number of nitrogens with zero attached hydrogens (tertiary/aromatic N) is 1. The normalized spacial score (nSPS) is 10.9. The Hall–Kier alpha value is -1.29. The van der Waals surface area contributed by atoms with Crippen molar-refractivity contribution in [2.24, 2.45) is 0 Å². The van der Waals surface area contributed by atoms with Crippen molar-refractivity contribution in [1.29, 1.82) is 0 Å². The van der Waals surface area contributed by atoms with E-state index in [1.807, 2.05) is 18.2 Å². The minimum atomic E-state index is 0.104. The van der Waals surface area contributed by atoms with Gasteiger partial charge in [0.1, 0.15) is 0 Å². The lowest BCUT2D eigenvalue weighted by molar-refractivity contribution is 0.690. The van der Waals surface area contributed by atoms with E-state index < -0.39 is 0 Å². The molecule has 0 fully saturated rings. The first-order valence-corrected chi connectivity index (χ1v) is 5.43. The molecule has 1 heterocycles. The summed E-state index contributed by atoms with van der Waals surface area (Å²) in [7, 11) is 0. The molecule has 0 aliphatic heterocycles. The second-order valence-electron chi connectivity index (χ2n) is 3.25. The van der Waals surface area contributed by atoms with Crippen LogP contribution >= 0.6 is 11.3 Å². The third-order valence-electron chi connectivity index (χ3n) is 2.14. The van der Waals surface area contributed by atoms with E-state index in [2.05, 4.69) is 6.92 Å². The van der Waals surface area contributed by atoms with Crippen molar-refractivity contribution in [3.8, 4) is 0 Å². The number of rotatable bonds is 2. The average Bonchev–Trinajstić information content (AvgIpc) is 2.43. The van der Waals surface area contributed by atoms with Gasteiger partial charge in [0.25, 0.3) is 0 Å². The van der Waals surface area contributed by atoms with Crippen molar-refractivity contribution in [3.63, 3.8) is 0 Å². The average molecular weight is 208 g/mol. The van der Waals surface area contributed by atoms with Gasteiger partial charge in [-0.2, -0.15) is 0 Å². The Kier molecular flexibility index (Phi) is 2.29. The molecule has 2 aromatic rings. The number of aromatic nitrogens is 1. The molecule has 2 N–H and O–H groups in total. The van der Waals surface area contributed by atoms with Crippen LogP contribution < -0.4 is 10.6 Å². The number of fused-ring (bicyclic) bond motifs is 1. The number of hydrogen-bond acceptors (Lipinski definition) is 3. The van der Waals surface area contributed by atoms with E-state index >= 15 is 0 Å². The van der Waals surface area contributed by atoms with Crippen molar-refractivity contribution in [3.05, 3.63) is 27.9 Å². The molecule has 0 bridgehead atoms. The third kappa shape index (κ3) is 1.42. The van der Waals surface area contributed by atoms with Gasteiger partial charge >= 0.3 is 4.87 Å². The van der Waals surface area contributed by atoms with Crippen molar-refractivity contribution in [2.75, 3.05) is 5.73 Å². The molecule has 1 aromatic carbocycles. The Labute approximate surface area is 85.8 Å². The molecule has 0 saturated carbocycles. The third-order valence-corrected chi connectivity index (χ3v) is 3.08. The summed E-state index contributed by atoms with van der Waals surface area (Å²) in [5, 5.41) is 0. The Morgan fingerprint density at radius 3 is 3.00 bits per heavy atom. The smallest absolute Gasteiger partial charge is 0.308 e. The van der Waals surface area contributed by atoms with E-state index in [0.29, 0.717) is 5.69 Å². The molecule has 0 saturated heterocycles. The molecule has 0 aliphatic rings. The van der Waals surface area contributed by atoms with Gasteiger partial charge < -0.3 is 5.73 Å². The predicted octanol–water partition coefficient (Wildman–Crippen LogP) is 2.06. The molecule has 0 aliphatic carbocycles. The number of nitrogens with two attached hydrogens (primary N) is 1. The topological polar surface area (TPSA) is 48.0 Å². The van der Waals surface area contributed by atoms with Crippen LogP contribution in [0.4, 0.5) is 5.69 Å². The van der Waals surface area contributed by atoms with Gasteiger partial charge in [0.05, 0.1) is 10.2 Å². The Bertz CT molecular complexity index is 512. The number of nitrogen functional groups attached to an aromatic ring is 1. The number of hydrogen-bond donors (Lipinski definition) is 1. The fourth-order valence-corrected chi connectivity index (χ4v) is 2.48. The summed E-state index contributed by atoms with van der Waals surface area (Å²) in [6, 6.07) is 5.60. The van der Waals surface area contributed by atoms with Crippen LogP contribution in [0.2, 0.25) is 0 Å². The second-order valence-corrected chi connectivity index (χ2v) is 4.24. The minimum Gasteiger partial charge on any atom is -0.399 e. The fraction of sp³-hybridized carbons (Fsp3) is 0.300. The van der Waals surface area contributed by atoms with Crippen LogP contribution in [0.3, 0.4) is 0 Å². The molecule has 0 atom stereocenters. The van der Waals surface area contributed by atoms with Crippen molar-refractivity contribution >= 4 is 27.2 Å². The molecule has 74 valence electrons. The monoisotopic (exact) mass is 208 g/mol. The summed E-state index contributed by atoms with van der Waals surface area (Å²) in [5.41, 5.74) is 7.36. The SMILES string of the molecule is CCCn1c(=O)sc2cc(N)ccc21. The molecule has 1 aromatic heterocycles. The summed E-state index contributed by atoms with van der Waals surface area (Å²) in [6.07, 6.45) is 0.968. The van der Waals surface area contributed by atoms with Gasteiger partial charge in [-0.25, -0.2) is 0 Å². The van der Waals surface area contributed by atoms with E-state index in [4.69, 9.17) is 5.73 Å². The van der Waals surface area contributed by atoms with Crippen molar-refractivity contribution in [2.45, 2.75) is 19.9 Å². The van der Waals surface area contributed by atoms with Crippen LogP contribution in [0.1, 0.15) is 13.3 Å². The van der Waals surface area contributed by atoms with Crippen LogP contribution in [0, 0.1) is 0 Å². The lowest BCUT2D eigenvalue weighted by atomic mass is 10.3. The molecule has 2 rings (SSSR count). The van der Waals surface area contributed by atoms with Gasteiger partial charge in [-0.3, -0.25) is 9.36 Å². The summed E-state index contributed by atoms with van der Waals surface area (Å²) in [5.74, 6) is 0. The quantitative estimate of drug-likeness (QED) is 0.768. The first kappa shape index (κ1) is 9.27. The molecular formula is C10H12N2OS. The van der Waals surface area contributed by atoms with E-state index in [-0.39, 0.29) is 4.87 Å². The van der Waals surface area contributed by atoms with Gasteiger partial charge in [-0.15, -0.1) is 0 Å². The van der Waals surface area contributed by atoms with Crippen LogP contribution in [-0.2, 0) is 6.54 Å². The highest BCUT2D eigenvalue weighted by Crippen LogP contribution is 2.20. The first-order chi connectivity index (χ1) is 6.72. The maximum Gasteiger partial charge on any atom is 0.308 e. The molecule has 0 radical (unpaired) electrons. The molecule has 4 heteroatoms. The summed E-state index contributed by atoms with van der Waals surface area (Å²) in [4.78, 5) is 11.7. The van der Waals surface area contributed by atoms with Crippen LogP contribution in [-0.4, -0.2) is 4.57 Å². The zero-order chi connectivity index (χ0) is 10.1. The highest BCUT2D eigenvalue weighted by molar-refractivity contribution is 7.16. The van der Waals surface area contributed by atoms with Gasteiger partial charge in [-0.1, -0.05) is 18.3 Å². The molecular weight excluding hydrogens is 196 g/mol. The number of anilines is 1. The molecule has 0 unspecified atom stereocenters. The lowest BCUT2D eigenvalue weighted by Gasteiger charge is -2.00. The first-order valence-electron chi connectivity index (χ1n) is 4.61. The highest BCUT2D eigenvalue weighted by atomic mass is 32.1. The predicted molar refractivity (Wildman–Crippen MR) is 60.8 cm³/mol. The number of thiazole rings is 1. The van der Waals surface area contributed by atoms with E-state index in [1.54, 1.807) is 4.57 Å². The summed E-state index contributed by atoms with van der Waals surface area (Å²) >= 11 is 1.26.